The number of piperazine rings is 1. The van der Waals surface area contributed by atoms with Crippen molar-refractivity contribution in [1.82, 2.24) is 19.8 Å². The molecule has 0 saturated carbocycles. The predicted octanol–water partition coefficient (Wildman–Crippen LogP) is 4.88. The summed E-state index contributed by atoms with van der Waals surface area (Å²) in [6, 6.07) is 9.21. The Labute approximate surface area is 268 Å². The molecule has 0 atom stereocenters. The molecule has 3 heterocycles. The molecule has 1 aromatic heterocycles. The highest BCUT2D eigenvalue weighted by atomic mass is 35.5. The Kier molecular flexibility index (Phi) is 10.1. The Balaban J connectivity index is 1.32. The molecule has 5 rings (SSSR count). The molecule has 0 radical (unpaired) electrons. The molecule has 2 aliphatic rings. The molecule has 2 saturated heterocycles. The van der Waals surface area contributed by atoms with Crippen LogP contribution < -0.4 is 29.7 Å². The van der Waals surface area contributed by atoms with Crippen LogP contribution in [0.2, 0.25) is 10.0 Å². The smallest absolute Gasteiger partial charge is 0.229 e. The lowest BCUT2D eigenvalue weighted by molar-refractivity contribution is 0.0982. The van der Waals surface area contributed by atoms with Crippen LogP contribution in [0.3, 0.4) is 0 Å². The van der Waals surface area contributed by atoms with Crippen molar-refractivity contribution in [2.24, 2.45) is 0 Å². The highest BCUT2D eigenvalue weighted by molar-refractivity contribution is 7.92. The predicted molar refractivity (Wildman–Crippen MR) is 177 cm³/mol. The van der Waals surface area contributed by atoms with E-state index in [1.165, 1.54) is 13.3 Å². The van der Waals surface area contributed by atoms with Crippen LogP contribution in [0.1, 0.15) is 12.8 Å². The summed E-state index contributed by atoms with van der Waals surface area (Å²) >= 11 is 13.2. The van der Waals surface area contributed by atoms with Crippen molar-refractivity contribution in [3.8, 4) is 11.5 Å². The van der Waals surface area contributed by atoms with Gasteiger partial charge in [-0.3, -0.25) is 9.62 Å². The summed E-state index contributed by atoms with van der Waals surface area (Å²) < 4.78 is 37.4. The van der Waals surface area contributed by atoms with Crippen LogP contribution in [0.5, 0.6) is 11.5 Å². The lowest BCUT2D eigenvalue weighted by Crippen LogP contribution is -2.52. The van der Waals surface area contributed by atoms with Gasteiger partial charge >= 0.3 is 0 Å². The molecule has 0 bridgehead atoms. The molecule has 15 heteroatoms. The average Bonchev–Trinajstić information content (AvgIpc) is 2.99. The van der Waals surface area contributed by atoms with E-state index in [1.54, 1.807) is 25.3 Å². The maximum atomic E-state index is 11.9. The summed E-state index contributed by atoms with van der Waals surface area (Å²) in [6.07, 6.45) is 4.69. The van der Waals surface area contributed by atoms with Gasteiger partial charge < -0.3 is 29.9 Å². The van der Waals surface area contributed by atoms with Gasteiger partial charge in [0, 0.05) is 57.4 Å². The third-order valence-corrected chi connectivity index (χ3v) is 9.06. The fourth-order valence-electron chi connectivity index (χ4n) is 5.52. The molecule has 3 aromatic rings. The SMILES string of the molecule is COc1ccc(NS(C)(=O)=O)c(Nc2nc(Nc3cc(Cl)c(N4CCC(N5CCN(C)CC5)CC4)cc3OC)ncc2Cl)c1. The van der Waals surface area contributed by atoms with Gasteiger partial charge in [0.15, 0.2) is 5.82 Å². The van der Waals surface area contributed by atoms with E-state index in [-0.39, 0.29) is 16.8 Å². The minimum absolute atomic E-state index is 0.226. The van der Waals surface area contributed by atoms with Gasteiger partial charge in [0.25, 0.3) is 0 Å². The molecule has 0 spiro atoms. The lowest BCUT2D eigenvalue weighted by atomic mass is 10.0. The number of anilines is 6. The molecule has 238 valence electrons. The van der Waals surface area contributed by atoms with E-state index >= 15 is 0 Å². The van der Waals surface area contributed by atoms with E-state index in [9.17, 15) is 8.42 Å². The average molecular weight is 666 g/mol. The topological polar surface area (TPSA) is 124 Å². The van der Waals surface area contributed by atoms with Crippen LogP contribution in [0.25, 0.3) is 0 Å². The van der Waals surface area contributed by atoms with Gasteiger partial charge in [-0.1, -0.05) is 23.2 Å². The first kappa shape index (κ1) is 32.2. The fourth-order valence-corrected chi connectivity index (χ4v) is 6.52. The summed E-state index contributed by atoms with van der Waals surface area (Å²) in [4.78, 5) is 16.2. The number of benzene rings is 2. The summed E-state index contributed by atoms with van der Waals surface area (Å²) in [6.45, 7) is 6.33. The number of piperidine rings is 1. The Morgan fingerprint density at radius 3 is 2.27 bits per heavy atom. The molecule has 0 unspecified atom stereocenters. The van der Waals surface area contributed by atoms with Gasteiger partial charge in [-0.15, -0.1) is 0 Å². The zero-order valence-electron chi connectivity index (χ0n) is 25.2. The number of rotatable bonds is 10. The van der Waals surface area contributed by atoms with Crippen LogP contribution in [-0.4, -0.2) is 101 Å². The first-order valence-electron chi connectivity index (χ1n) is 14.3. The largest absolute Gasteiger partial charge is 0.497 e. The highest BCUT2D eigenvalue weighted by Crippen LogP contribution is 2.39. The van der Waals surface area contributed by atoms with Crippen LogP contribution >= 0.6 is 23.2 Å². The Bertz CT molecular complexity index is 1580. The number of aromatic nitrogens is 2. The Hall–Kier alpha value is -3.23. The van der Waals surface area contributed by atoms with Gasteiger partial charge in [-0.05, 0) is 38.1 Å². The number of nitrogens with zero attached hydrogens (tertiary/aromatic N) is 5. The molecule has 2 aromatic carbocycles. The zero-order valence-corrected chi connectivity index (χ0v) is 27.6. The summed E-state index contributed by atoms with van der Waals surface area (Å²) in [5, 5.41) is 7.08. The number of hydrogen-bond donors (Lipinski definition) is 3. The minimum Gasteiger partial charge on any atom is -0.497 e. The van der Waals surface area contributed by atoms with E-state index in [0.717, 1.165) is 64.1 Å². The van der Waals surface area contributed by atoms with E-state index in [0.29, 0.717) is 39.6 Å². The van der Waals surface area contributed by atoms with Gasteiger partial charge in [-0.25, -0.2) is 13.4 Å². The number of ether oxygens (including phenoxy) is 2. The quantitative estimate of drug-likeness (QED) is 0.275. The molecule has 12 nitrogen and oxygen atoms in total. The van der Waals surface area contributed by atoms with Crippen molar-refractivity contribution in [3.63, 3.8) is 0 Å². The summed E-state index contributed by atoms with van der Waals surface area (Å²) in [5.74, 6) is 1.58. The normalized spacial score (nSPS) is 16.9. The van der Waals surface area contributed by atoms with Gasteiger partial charge in [0.2, 0.25) is 16.0 Å². The van der Waals surface area contributed by atoms with E-state index in [1.807, 2.05) is 12.1 Å². The van der Waals surface area contributed by atoms with E-state index < -0.39 is 10.0 Å². The zero-order chi connectivity index (χ0) is 31.4. The Morgan fingerprint density at radius 2 is 1.61 bits per heavy atom. The fraction of sp³-hybridized carbons (Fsp3) is 0.448. The van der Waals surface area contributed by atoms with Crippen molar-refractivity contribution in [2.75, 3.05) is 87.0 Å². The van der Waals surface area contributed by atoms with Crippen molar-refractivity contribution in [2.45, 2.75) is 18.9 Å². The second kappa shape index (κ2) is 13.8. The second-order valence-electron chi connectivity index (χ2n) is 11.0. The van der Waals surface area contributed by atoms with Gasteiger partial charge in [0.1, 0.15) is 16.5 Å². The lowest BCUT2D eigenvalue weighted by Gasteiger charge is -2.42. The standard InChI is InChI=1S/C29H38Cl2N8O4S/c1-37-11-13-38(14-12-37)19-7-9-39(10-8-19)26-17-27(43-3)25(16-21(26)30)34-29-32-18-22(31)28(35-29)33-24-15-20(42-2)5-6-23(24)36-44(4,40)41/h5-6,15-19,36H,7-14H2,1-4H3,(H2,32,33,34,35). The van der Waals surface area contributed by atoms with Crippen molar-refractivity contribution < 1.29 is 17.9 Å². The number of nitrogens with one attached hydrogen (secondary N) is 3. The van der Waals surface area contributed by atoms with Crippen LogP contribution in [0.4, 0.5) is 34.5 Å². The summed E-state index contributed by atoms with van der Waals surface area (Å²) in [5.41, 5.74) is 2.20. The number of methoxy groups -OCH3 is 2. The molecular weight excluding hydrogens is 627 g/mol. The van der Waals surface area contributed by atoms with E-state index in [2.05, 4.69) is 47.1 Å². The van der Waals surface area contributed by atoms with E-state index in [4.69, 9.17) is 32.7 Å². The third kappa shape index (κ3) is 7.88. The molecular formula is C29H38Cl2N8O4S. The number of likely N-dealkylation sites (N-methyl/N-ethyl adjacent to an activating group) is 1. The monoisotopic (exact) mass is 664 g/mol. The van der Waals surface area contributed by atoms with Crippen molar-refractivity contribution in [3.05, 3.63) is 46.6 Å². The van der Waals surface area contributed by atoms with Crippen LogP contribution in [0.15, 0.2) is 36.5 Å². The third-order valence-electron chi connectivity index (χ3n) is 7.89. The molecule has 2 fully saturated rings. The molecule has 0 amide bonds. The first-order valence-corrected chi connectivity index (χ1v) is 16.9. The van der Waals surface area contributed by atoms with Gasteiger partial charge in [-0.2, -0.15) is 4.98 Å². The Morgan fingerprint density at radius 1 is 0.886 bits per heavy atom. The maximum Gasteiger partial charge on any atom is 0.229 e. The first-order chi connectivity index (χ1) is 21.0. The van der Waals surface area contributed by atoms with Crippen molar-refractivity contribution in [1.29, 1.82) is 0 Å². The molecule has 2 aliphatic heterocycles. The van der Waals surface area contributed by atoms with Crippen LogP contribution in [0, 0.1) is 0 Å². The minimum atomic E-state index is -3.55. The number of hydrogen-bond acceptors (Lipinski definition) is 11. The number of sulfonamides is 1. The molecule has 3 N–H and O–H groups in total. The second-order valence-corrected chi connectivity index (χ2v) is 13.6. The molecule has 44 heavy (non-hydrogen) atoms. The number of halogens is 2. The highest BCUT2D eigenvalue weighted by Gasteiger charge is 2.28. The molecule has 0 aliphatic carbocycles. The van der Waals surface area contributed by atoms with Gasteiger partial charge in [0.05, 0.1) is 54.4 Å². The summed E-state index contributed by atoms with van der Waals surface area (Å²) in [7, 11) is 1.76. The van der Waals surface area contributed by atoms with Crippen LogP contribution in [-0.2, 0) is 10.0 Å². The van der Waals surface area contributed by atoms with Crippen molar-refractivity contribution >= 4 is 67.7 Å². The maximum absolute atomic E-state index is 11.9.